The molecule has 4 aromatic rings. The van der Waals surface area contributed by atoms with Gasteiger partial charge in [-0.1, -0.05) is 23.1 Å². The molecule has 0 spiro atoms. The molecule has 1 aliphatic heterocycles. The molecule has 0 fully saturated rings. The number of esters is 1. The van der Waals surface area contributed by atoms with Gasteiger partial charge in [0.2, 0.25) is 0 Å². The summed E-state index contributed by atoms with van der Waals surface area (Å²) < 4.78 is 18.3. The van der Waals surface area contributed by atoms with Gasteiger partial charge in [0.1, 0.15) is 17.5 Å². The summed E-state index contributed by atoms with van der Waals surface area (Å²) in [6.45, 7) is 6.79. The van der Waals surface area contributed by atoms with Crippen LogP contribution in [0.5, 0.6) is 11.5 Å². The molecule has 3 heterocycles. The molecular weight excluding hydrogens is 635 g/mol. The first-order valence-corrected chi connectivity index (χ1v) is 15.5. The number of aromatic amines is 1. The molecule has 238 valence electrons. The zero-order valence-electron chi connectivity index (χ0n) is 25.6. The van der Waals surface area contributed by atoms with Gasteiger partial charge in [0, 0.05) is 34.4 Å². The number of benzene rings is 2. The number of carbonyl (C=O) groups excluding carboxylic acids is 1. The van der Waals surface area contributed by atoms with Gasteiger partial charge in [-0.25, -0.2) is 14.8 Å². The van der Waals surface area contributed by atoms with Gasteiger partial charge in [-0.3, -0.25) is 24.3 Å². The summed E-state index contributed by atoms with van der Waals surface area (Å²) >= 11 is 2.15. The third-order valence-corrected chi connectivity index (χ3v) is 8.82. The summed E-state index contributed by atoms with van der Waals surface area (Å²) in [5.41, 5.74) is 0.794. The Balaban J connectivity index is 1.75. The predicted molar refractivity (Wildman–Crippen MR) is 171 cm³/mol. The van der Waals surface area contributed by atoms with Crippen molar-refractivity contribution in [1.82, 2.24) is 14.5 Å². The molecule has 46 heavy (non-hydrogen) atoms. The fourth-order valence-corrected chi connectivity index (χ4v) is 6.87. The summed E-state index contributed by atoms with van der Waals surface area (Å²) in [6, 6.07) is 9.63. The molecule has 0 saturated heterocycles. The standard InChI is InChI=1S/C31H29N5O8S2/c1-15(2)44-29(39)26-17(4)33-31-35(27(26)21-14-20(42-5)8-9-22(21)43-6)28(38)24(46-31)13-18-12-19(36(40)41)7-10-23(18)45-30-32-16(3)11-25(37)34-30/h7-15,27H,1-6H3,(H,32,34,37)/b24-13-/t27-/m0/s1. The van der Waals surface area contributed by atoms with Crippen LogP contribution in [0.3, 0.4) is 0 Å². The molecule has 5 rings (SSSR count). The van der Waals surface area contributed by atoms with Gasteiger partial charge in [-0.2, -0.15) is 0 Å². The van der Waals surface area contributed by atoms with Crippen LogP contribution >= 0.6 is 23.1 Å². The summed E-state index contributed by atoms with van der Waals surface area (Å²) in [7, 11) is 2.98. The lowest BCUT2D eigenvalue weighted by atomic mass is 9.94. The Kier molecular flexibility index (Phi) is 9.25. The van der Waals surface area contributed by atoms with E-state index in [0.29, 0.717) is 43.7 Å². The van der Waals surface area contributed by atoms with E-state index in [1.807, 2.05) is 0 Å². The molecule has 1 aliphatic rings. The Labute approximate surface area is 270 Å². The maximum atomic E-state index is 14.3. The number of fused-ring (bicyclic) bond motifs is 1. The number of rotatable bonds is 9. The molecule has 0 amide bonds. The fraction of sp³-hybridized carbons (Fsp3) is 0.258. The lowest BCUT2D eigenvalue weighted by Gasteiger charge is -2.26. The number of aryl methyl sites for hydroxylation is 1. The van der Waals surface area contributed by atoms with Gasteiger partial charge in [-0.15, -0.1) is 0 Å². The highest BCUT2D eigenvalue weighted by Gasteiger charge is 2.36. The van der Waals surface area contributed by atoms with Crippen molar-refractivity contribution >= 4 is 40.8 Å². The maximum Gasteiger partial charge on any atom is 0.338 e. The minimum atomic E-state index is -0.991. The van der Waals surface area contributed by atoms with E-state index in [1.165, 1.54) is 49.1 Å². The van der Waals surface area contributed by atoms with E-state index in [4.69, 9.17) is 14.2 Å². The first kappa shape index (κ1) is 32.4. The van der Waals surface area contributed by atoms with Crippen molar-refractivity contribution in [1.29, 1.82) is 0 Å². The molecular formula is C31H29N5O8S2. The number of H-pyrrole nitrogens is 1. The van der Waals surface area contributed by atoms with Crippen LogP contribution in [0.25, 0.3) is 6.08 Å². The van der Waals surface area contributed by atoms with E-state index >= 15 is 0 Å². The van der Waals surface area contributed by atoms with Gasteiger partial charge in [0.15, 0.2) is 9.96 Å². The highest BCUT2D eigenvalue weighted by atomic mass is 32.2. The Morgan fingerprint density at radius 2 is 1.89 bits per heavy atom. The molecule has 0 bridgehead atoms. The molecule has 2 aromatic carbocycles. The molecule has 2 aromatic heterocycles. The second-order valence-electron chi connectivity index (χ2n) is 10.4. The number of allylic oxidation sites excluding steroid dienone is 1. The van der Waals surface area contributed by atoms with Crippen LogP contribution in [0.4, 0.5) is 5.69 Å². The van der Waals surface area contributed by atoms with Crippen LogP contribution in [0.15, 0.2) is 78.4 Å². The number of thiazole rings is 1. The van der Waals surface area contributed by atoms with Crippen molar-refractivity contribution in [2.75, 3.05) is 14.2 Å². The summed E-state index contributed by atoms with van der Waals surface area (Å²) in [5.74, 6) is 0.240. The minimum Gasteiger partial charge on any atom is -0.497 e. The number of nitrogens with zero attached hydrogens (tertiary/aromatic N) is 4. The number of methoxy groups -OCH3 is 2. The van der Waals surface area contributed by atoms with Crippen LogP contribution in [0.1, 0.15) is 43.6 Å². The molecule has 1 N–H and O–H groups in total. The smallest absolute Gasteiger partial charge is 0.338 e. The van der Waals surface area contributed by atoms with E-state index in [9.17, 15) is 24.5 Å². The molecule has 13 nitrogen and oxygen atoms in total. The van der Waals surface area contributed by atoms with Gasteiger partial charge in [0.25, 0.3) is 16.8 Å². The number of hydrogen-bond donors (Lipinski definition) is 1. The largest absolute Gasteiger partial charge is 0.497 e. The number of non-ortho nitro benzene ring substituents is 1. The Hall–Kier alpha value is -5.02. The Bertz CT molecular complexity index is 2150. The van der Waals surface area contributed by atoms with Crippen molar-refractivity contribution in [2.24, 2.45) is 4.99 Å². The Morgan fingerprint density at radius 3 is 2.54 bits per heavy atom. The van der Waals surface area contributed by atoms with Crippen molar-refractivity contribution in [3.63, 3.8) is 0 Å². The minimum absolute atomic E-state index is 0.153. The fourth-order valence-electron chi connectivity index (χ4n) is 4.91. The highest BCUT2D eigenvalue weighted by molar-refractivity contribution is 7.99. The molecule has 1 atom stereocenters. The van der Waals surface area contributed by atoms with Crippen LogP contribution in [0.2, 0.25) is 0 Å². The molecule has 0 unspecified atom stereocenters. The Morgan fingerprint density at radius 1 is 1.13 bits per heavy atom. The topological polar surface area (TPSA) is 168 Å². The molecule has 15 heteroatoms. The SMILES string of the molecule is COc1ccc(OC)c([C@H]2C(C(=O)OC(C)C)=C(C)N=c3s/c(=C\c4cc([N+](=O)[O-])ccc4Sc4nc(C)cc(=O)[nH]4)c(=O)n32)c1. The lowest BCUT2D eigenvalue weighted by Crippen LogP contribution is -2.40. The molecule has 0 aliphatic carbocycles. The number of ether oxygens (including phenoxy) is 3. The average Bonchev–Trinajstić information content (AvgIpc) is 3.29. The van der Waals surface area contributed by atoms with Crippen LogP contribution in [-0.2, 0) is 9.53 Å². The number of hydrogen-bond acceptors (Lipinski definition) is 12. The second kappa shape index (κ2) is 13.1. The third-order valence-electron chi connectivity index (χ3n) is 6.86. The van der Waals surface area contributed by atoms with Crippen molar-refractivity contribution in [3.8, 4) is 11.5 Å². The first-order valence-electron chi connectivity index (χ1n) is 13.9. The van der Waals surface area contributed by atoms with Gasteiger partial charge < -0.3 is 19.2 Å². The summed E-state index contributed by atoms with van der Waals surface area (Å²) in [6.07, 6.45) is 1.09. The quantitative estimate of drug-likeness (QED) is 0.121. The van der Waals surface area contributed by atoms with Crippen molar-refractivity contribution in [3.05, 3.63) is 111 Å². The van der Waals surface area contributed by atoms with Gasteiger partial charge >= 0.3 is 5.97 Å². The van der Waals surface area contributed by atoms with E-state index in [-0.39, 0.29) is 26.5 Å². The monoisotopic (exact) mass is 663 g/mol. The van der Waals surface area contributed by atoms with E-state index < -0.39 is 28.6 Å². The second-order valence-corrected chi connectivity index (χ2v) is 12.5. The zero-order chi connectivity index (χ0) is 33.3. The highest BCUT2D eigenvalue weighted by Crippen LogP contribution is 2.38. The van der Waals surface area contributed by atoms with Crippen molar-refractivity contribution in [2.45, 2.75) is 49.9 Å². The normalized spacial score (nSPS) is 14.6. The zero-order valence-corrected chi connectivity index (χ0v) is 27.3. The number of aromatic nitrogens is 3. The molecule has 0 radical (unpaired) electrons. The number of nitro groups is 1. The first-order chi connectivity index (χ1) is 21.9. The van der Waals surface area contributed by atoms with Gasteiger partial charge in [0.05, 0.1) is 41.0 Å². The average molecular weight is 664 g/mol. The van der Waals surface area contributed by atoms with Crippen molar-refractivity contribution < 1.29 is 23.9 Å². The van der Waals surface area contributed by atoms with Crippen LogP contribution in [0, 0.1) is 17.0 Å². The molecule has 0 saturated carbocycles. The van der Waals surface area contributed by atoms with E-state index in [2.05, 4.69) is 15.0 Å². The van der Waals surface area contributed by atoms with Crippen LogP contribution < -0.4 is 29.9 Å². The number of nitro benzene ring substituents is 1. The maximum absolute atomic E-state index is 14.3. The lowest BCUT2D eigenvalue weighted by molar-refractivity contribution is -0.384. The number of nitrogens with one attached hydrogen (secondary N) is 1. The summed E-state index contributed by atoms with van der Waals surface area (Å²) in [4.78, 5) is 63.4. The van der Waals surface area contributed by atoms with Crippen LogP contribution in [-0.4, -0.2) is 45.8 Å². The van der Waals surface area contributed by atoms with E-state index in [1.54, 1.807) is 45.9 Å². The van der Waals surface area contributed by atoms with E-state index in [0.717, 1.165) is 23.1 Å². The predicted octanol–water partition coefficient (Wildman–Crippen LogP) is 3.66. The number of carbonyl (C=O) groups is 1. The third kappa shape index (κ3) is 6.50. The summed E-state index contributed by atoms with van der Waals surface area (Å²) in [5, 5.41) is 12.0. The van der Waals surface area contributed by atoms with Gasteiger partial charge in [-0.05, 0) is 63.6 Å².